The van der Waals surface area contributed by atoms with Gasteiger partial charge in [-0.2, -0.15) is 0 Å². The van der Waals surface area contributed by atoms with Crippen LogP contribution in [0.5, 0.6) is 0 Å². The van der Waals surface area contributed by atoms with Crippen LogP contribution >= 0.6 is 0 Å². The number of hydrogen-bond acceptors (Lipinski definition) is 3. The van der Waals surface area contributed by atoms with Gasteiger partial charge < -0.3 is 11.7 Å². The summed E-state index contributed by atoms with van der Waals surface area (Å²) in [6.45, 7) is 0. The van der Waals surface area contributed by atoms with Crippen molar-refractivity contribution in [3.05, 3.63) is 69.1 Å². The van der Waals surface area contributed by atoms with Crippen LogP contribution in [0.2, 0.25) is 0 Å². The summed E-state index contributed by atoms with van der Waals surface area (Å²) >= 11 is 0. The van der Waals surface area contributed by atoms with Gasteiger partial charge in [0.2, 0.25) is 0 Å². The molecule has 108 valence electrons. The first-order valence-corrected chi connectivity index (χ1v) is 6.33. The summed E-state index contributed by atoms with van der Waals surface area (Å²) in [5, 5.41) is 2.79. The standard InChI is InChI=1S/C15H12FN3O2.K.H/c1-17-13-8-12-10(7-11(13)16)14(20)19(15(21)18-12)9-5-3-2-4-6-9;;/h2-8,17H,1H3,(H,18,21);;/q;+1;-1. The molecule has 7 heteroatoms. The Morgan fingerprint density at radius 3 is 2.50 bits per heavy atom. The molecule has 0 saturated carbocycles. The fraction of sp³-hybridized carbons (Fsp3) is 0.0667. The molecule has 0 bridgehead atoms. The molecule has 22 heavy (non-hydrogen) atoms. The predicted molar refractivity (Wildman–Crippen MR) is 80.8 cm³/mol. The topological polar surface area (TPSA) is 66.9 Å². The monoisotopic (exact) mass is 325 g/mol. The number of aromatic amines is 1. The van der Waals surface area contributed by atoms with Gasteiger partial charge in [-0.25, -0.2) is 13.8 Å². The number of fused-ring (bicyclic) bond motifs is 1. The van der Waals surface area contributed by atoms with Crippen molar-refractivity contribution in [2.75, 3.05) is 12.4 Å². The number of rotatable bonds is 2. The van der Waals surface area contributed by atoms with Crippen LogP contribution in [0.1, 0.15) is 1.43 Å². The van der Waals surface area contributed by atoms with Gasteiger partial charge in [0, 0.05) is 7.05 Å². The summed E-state index contributed by atoms with van der Waals surface area (Å²) in [5.41, 5.74) is -0.171. The average Bonchev–Trinajstić information content (AvgIpc) is 2.49. The van der Waals surface area contributed by atoms with Crippen molar-refractivity contribution in [2.45, 2.75) is 0 Å². The number of para-hydroxylation sites is 1. The van der Waals surface area contributed by atoms with Crippen molar-refractivity contribution in [1.82, 2.24) is 9.55 Å². The molecule has 3 rings (SSSR count). The molecular formula is C15H13FKN3O2. The maximum absolute atomic E-state index is 13.8. The minimum Gasteiger partial charge on any atom is -1.00 e. The van der Waals surface area contributed by atoms with E-state index in [1.807, 2.05) is 0 Å². The Bertz CT molecular complexity index is 941. The van der Waals surface area contributed by atoms with Gasteiger partial charge in [0.1, 0.15) is 5.82 Å². The van der Waals surface area contributed by atoms with Crippen molar-refractivity contribution in [2.24, 2.45) is 0 Å². The summed E-state index contributed by atoms with van der Waals surface area (Å²) < 4.78 is 14.8. The van der Waals surface area contributed by atoms with E-state index < -0.39 is 17.1 Å². The Labute approximate surface area is 169 Å². The first-order valence-electron chi connectivity index (χ1n) is 6.33. The Balaban J connectivity index is 0.00000132. The normalized spacial score (nSPS) is 10.3. The van der Waals surface area contributed by atoms with Crippen molar-refractivity contribution in [3.8, 4) is 5.69 Å². The van der Waals surface area contributed by atoms with Gasteiger partial charge >= 0.3 is 57.1 Å². The first kappa shape index (κ1) is 17.1. The minimum absolute atomic E-state index is 0. The van der Waals surface area contributed by atoms with Gasteiger partial charge in [-0.1, -0.05) is 18.2 Å². The molecule has 0 aliphatic rings. The quantitative estimate of drug-likeness (QED) is 0.593. The van der Waals surface area contributed by atoms with E-state index in [4.69, 9.17) is 0 Å². The first-order chi connectivity index (χ1) is 10.1. The van der Waals surface area contributed by atoms with E-state index in [1.54, 1.807) is 37.4 Å². The zero-order valence-corrected chi connectivity index (χ0v) is 15.3. The van der Waals surface area contributed by atoms with Crippen LogP contribution in [0.4, 0.5) is 10.1 Å². The van der Waals surface area contributed by atoms with Crippen LogP contribution < -0.4 is 68.0 Å². The summed E-state index contributed by atoms with van der Waals surface area (Å²) in [5.74, 6) is -0.547. The molecule has 0 fully saturated rings. The van der Waals surface area contributed by atoms with Crippen LogP contribution in [0.25, 0.3) is 16.6 Å². The van der Waals surface area contributed by atoms with E-state index in [2.05, 4.69) is 10.3 Å². The Morgan fingerprint density at radius 1 is 1.18 bits per heavy atom. The number of H-pyrrole nitrogens is 1. The maximum atomic E-state index is 13.8. The number of hydrogen-bond donors (Lipinski definition) is 2. The maximum Gasteiger partial charge on any atom is 1.00 e. The zero-order chi connectivity index (χ0) is 15.0. The number of halogens is 1. The Hall–Kier alpha value is -1.25. The van der Waals surface area contributed by atoms with Gasteiger partial charge in [-0.15, -0.1) is 0 Å². The molecule has 0 aliphatic carbocycles. The third kappa shape index (κ3) is 2.95. The van der Waals surface area contributed by atoms with Crippen LogP contribution in [-0.2, 0) is 0 Å². The van der Waals surface area contributed by atoms with Gasteiger partial charge in [0.15, 0.2) is 0 Å². The number of aromatic nitrogens is 2. The molecule has 0 saturated heterocycles. The molecule has 0 radical (unpaired) electrons. The van der Waals surface area contributed by atoms with Crippen molar-refractivity contribution >= 4 is 16.6 Å². The molecule has 0 atom stereocenters. The van der Waals surface area contributed by atoms with Crippen LogP contribution in [0.3, 0.4) is 0 Å². The number of anilines is 1. The third-order valence-electron chi connectivity index (χ3n) is 3.27. The fourth-order valence-corrected chi connectivity index (χ4v) is 2.24. The predicted octanol–water partition coefficient (Wildman–Crippen LogP) is -1.02. The third-order valence-corrected chi connectivity index (χ3v) is 3.27. The molecule has 2 N–H and O–H groups in total. The minimum atomic E-state index is -0.563. The van der Waals surface area contributed by atoms with E-state index in [0.29, 0.717) is 11.2 Å². The van der Waals surface area contributed by atoms with Crippen molar-refractivity contribution in [3.63, 3.8) is 0 Å². The smallest absolute Gasteiger partial charge is 1.00 e. The Morgan fingerprint density at radius 2 is 1.86 bits per heavy atom. The summed E-state index contributed by atoms with van der Waals surface area (Å²) in [6.07, 6.45) is 0. The van der Waals surface area contributed by atoms with E-state index in [0.717, 1.165) is 10.6 Å². The van der Waals surface area contributed by atoms with Crippen LogP contribution in [0, 0.1) is 5.82 Å². The van der Waals surface area contributed by atoms with Crippen LogP contribution in [-0.4, -0.2) is 16.6 Å². The molecular weight excluding hydrogens is 312 g/mol. The van der Waals surface area contributed by atoms with Crippen molar-refractivity contribution in [1.29, 1.82) is 0 Å². The van der Waals surface area contributed by atoms with Gasteiger partial charge in [-0.05, 0) is 24.3 Å². The molecule has 3 aromatic rings. The van der Waals surface area contributed by atoms with E-state index in [-0.39, 0.29) is 63.9 Å². The number of nitrogens with zero attached hydrogens (tertiary/aromatic N) is 1. The number of nitrogens with one attached hydrogen (secondary N) is 2. The van der Waals surface area contributed by atoms with Gasteiger partial charge in [-0.3, -0.25) is 4.79 Å². The molecule has 0 spiro atoms. The summed E-state index contributed by atoms with van der Waals surface area (Å²) in [4.78, 5) is 27.2. The number of benzene rings is 2. The summed E-state index contributed by atoms with van der Waals surface area (Å²) in [7, 11) is 1.56. The van der Waals surface area contributed by atoms with Gasteiger partial charge in [0.05, 0.1) is 22.3 Å². The average molecular weight is 325 g/mol. The summed E-state index contributed by atoms with van der Waals surface area (Å²) in [6, 6.07) is 11.0. The molecule has 5 nitrogen and oxygen atoms in total. The fourth-order valence-electron chi connectivity index (χ4n) is 2.24. The van der Waals surface area contributed by atoms with E-state index in [9.17, 15) is 14.0 Å². The molecule has 0 amide bonds. The molecule has 0 aliphatic heterocycles. The molecule has 2 aromatic carbocycles. The second-order valence-electron chi connectivity index (χ2n) is 4.53. The molecule has 1 aromatic heterocycles. The largest absolute Gasteiger partial charge is 1.00 e. The van der Waals surface area contributed by atoms with Gasteiger partial charge in [0.25, 0.3) is 5.56 Å². The van der Waals surface area contributed by atoms with E-state index in [1.165, 1.54) is 6.07 Å². The van der Waals surface area contributed by atoms with Crippen molar-refractivity contribution < 1.29 is 57.2 Å². The second kappa shape index (κ2) is 6.89. The zero-order valence-electron chi connectivity index (χ0n) is 13.2. The molecule has 1 heterocycles. The van der Waals surface area contributed by atoms with E-state index >= 15 is 0 Å². The Kier molecular flexibility index (Phi) is 5.35. The molecule has 0 unspecified atom stereocenters. The second-order valence-corrected chi connectivity index (χ2v) is 4.53. The SMILES string of the molecule is CNc1cc2[nH]c(=O)n(-c3ccccc3)c(=O)c2cc1F.[H-].[K+]. The van der Waals surface area contributed by atoms with Crippen LogP contribution in [0.15, 0.2) is 52.1 Å².